The maximum atomic E-state index is 13.3. The number of hydrogen-bond acceptors (Lipinski definition) is 5. The van der Waals surface area contributed by atoms with Crippen LogP contribution in [0.15, 0.2) is 21.4 Å². The summed E-state index contributed by atoms with van der Waals surface area (Å²) < 4.78 is 15.2. The Balaban J connectivity index is 2.72. The molecule has 18 heavy (non-hydrogen) atoms. The minimum Gasteiger partial charge on any atom is -0.258 e. The molecule has 0 N–H and O–H groups in total. The van der Waals surface area contributed by atoms with Gasteiger partial charge in [0.2, 0.25) is 5.82 Å². The van der Waals surface area contributed by atoms with Crippen molar-refractivity contribution in [1.82, 2.24) is 19.8 Å². The highest BCUT2D eigenvalue weighted by Crippen LogP contribution is 2.27. The monoisotopic (exact) mass is 317 g/mol. The van der Waals surface area contributed by atoms with Gasteiger partial charge in [-0.3, -0.25) is 10.1 Å². The van der Waals surface area contributed by atoms with E-state index < -0.39 is 22.1 Å². The van der Waals surface area contributed by atoms with Gasteiger partial charge >= 0.3 is 11.4 Å². The molecular formula is C8H5BrFN5O3. The first-order valence-corrected chi connectivity index (χ1v) is 5.34. The fourth-order valence-corrected chi connectivity index (χ4v) is 1.78. The van der Waals surface area contributed by atoms with Crippen LogP contribution in [0, 0.1) is 15.9 Å². The highest BCUT2D eigenvalue weighted by atomic mass is 79.9. The van der Waals surface area contributed by atoms with Crippen molar-refractivity contribution in [2.24, 2.45) is 7.05 Å². The molecule has 0 amide bonds. The Bertz CT molecular complexity index is 695. The summed E-state index contributed by atoms with van der Waals surface area (Å²) >= 11 is 3.01. The third-order valence-electron chi connectivity index (χ3n) is 2.16. The largest absolute Gasteiger partial charge is 0.368 e. The molecule has 0 unspecified atom stereocenters. The van der Waals surface area contributed by atoms with Crippen LogP contribution >= 0.6 is 15.9 Å². The van der Waals surface area contributed by atoms with E-state index in [2.05, 4.69) is 26.4 Å². The molecule has 2 rings (SSSR count). The van der Waals surface area contributed by atoms with Crippen LogP contribution < -0.4 is 5.69 Å². The van der Waals surface area contributed by atoms with Crippen molar-refractivity contribution in [3.63, 3.8) is 0 Å². The standard InChI is InChI=1S/C8H5BrFN5O3/c1-13-8(16)14(12-11-13)6-3-7(15(17)18)5(10)2-4(6)9/h2-3H,1H3. The number of hydrogen-bond donors (Lipinski definition) is 0. The summed E-state index contributed by atoms with van der Waals surface area (Å²) in [5, 5.41) is 17.6. The predicted molar refractivity (Wildman–Crippen MR) is 60.9 cm³/mol. The third-order valence-corrected chi connectivity index (χ3v) is 2.80. The zero-order chi connectivity index (χ0) is 13.4. The van der Waals surface area contributed by atoms with E-state index >= 15 is 0 Å². The first kappa shape index (κ1) is 12.4. The molecule has 0 atom stereocenters. The average Bonchev–Trinajstić information content (AvgIpc) is 2.60. The van der Waals surface area contributed by atoms with E-state index in [4.69, 9.17) is 0 Å². The molecule has 0 aliphatic heterocycles. The molecule has 0 saturated heterocycles. The van der Waals surface area contributed by atoms with E-state index in [9.17, 15) is 19.3 Å². The molecular weight excluding hydrogens is 313 g/mol. The van der Waals surface area contributed by atoms with Crippen LogP contribution in [0.4, 0.5) is 10.1 Å². The Hall–Kier alpha value is -2.10. The second kappa shape index (κ2) is 4.29. The van der Waals surface area contributed by atoms with Crippen molar-refractivity contribution < 1.29 is 9.31 Å². The summed E-state index contributed by atoms with van der Waals surface area (Å²) in [5.41, 5.74) is -1.30. The SMILES string of the molecule is Cn1nnn(-c2cc([N+](=O)[O-])c(F)cc2Br)c1=O. The quantitative estimate of drug-likeness (QED) is 0.602. The lowest BCUT2D eigenvalue weighted by Crippen LogP contribution is -2.22. The van der Waals surface area contributed by atoms with Gasteiger partial charge < -0.3 is 0 Å². The molecule has 1 heterocycles. The van der Waals surface area contributed by atoms with Crippen LogP contribution in [0.25, 0.3) is 5.69 Å². The number of aromatic nitrogens is 4. The number of benzene rings is 1. The molecule has 0 fully saturated rings. The van der Waals surface area contributed by atoms with Crippen LogP contribution in [0.1, 0.15) is 0 Å². The fourth-order valence-electron chi connectivity index (χ4n) is 1.29. The second-order valence-corrected chi connectivity index (χ2v) is 4.16. The van der Waals surface area contributed by atoms with E-state index in [1.165, 1.54) is 7.05 Å². The van der Waals surface area contributed by atoms with Gasteiger partial charge in [-0.15, -0.1) is 0 Å². The van der Waals surface area contributed by atoms with Crippen molar-refractivity contribution in [3.05, 3.63) is 43.0 Å². The molecule has 94 valence electrons. The Morgan fingerprint density at radius 1 is 1.44 bits per heavy atom. The van der Waals surface area contributed by atoms with Crippen molar-refractivity contribution in [3.8, 4) is 5.69 Å². The van der Waals surface area contributed by atoms with Crippen LogP contribution in [0.3, 0.4) is 0 Å². The molecule has 0 bridgehead atoms. The molecule has 1 aromatic carbocycles. The number of aryl methyl sites for hydroxylation is 1. The maximum Gasteiger partial charge on any atom is 0.368 e. The third kappa shape index (κ3) is 1.90. The molecule has 8 nitrogen and oxygen atoms in total. The van der Waals surface area contributed by atoms with Crippen molar-refractivity contribution >= 4 is 21.6 Å². The summed E-state index contributed by atoms with van der Waals surface area (Å²) in [5.74, 6) is -1.01. The number of rotatable bonds is 2. The van der Waals surface area contributed by atoms with Crippen molar-refractivity contribution in [2.75, 3.05) is 0 Å². The summed E-state index contributed by atoms with van der Waals surface area (Å²) in [6.07, 6.45) is 0. The van der Waals surface area contributed by atoms with E-state index in [0.717, 1.165) is 21.5 Å². The maximum absolute atomic E-state index is 13.3. The first-order valence-electron chi connectivity index (χ1n) is 4.54. The summed E-state index contributed by atoms with van der Waals surface area (Å²) in [6, 6.07) is 1.81. The highest BCUT2D eigenvalue weighted by Gasteiger charge is 2.20. The lowest BCUT2D eigenvalue weighted by Gasteiger charge is -2.02. The number of nitro groups is 1. The molecule has 0 radical (unpaired) electrons. The smallest absolute Gasteiger partial charge is 0.258 e. The molecule has 10 heteroatoms. The van der Waals surface area contributed by atoms with Crippen LogP contribution in [0.2, 0.25) is 0 Å². The zero-order valence-electron chi connectivity index (χ0n) is 8.87. The molecule has 2 aromatic rings. The zero-order valence-corrected chi connectivity index (χ0v) is 10.5. The van der Waals surface area contributed by atoms with E-state index in [0.29, 0.717) is 0 Å². The fraction of sp³-hybridized carbons (Fsp3) is 0.125. The summed E-state index contributed by atoms with van der Waals surface area (Å²) in [6.45, 7) is 0. The van der Waals surface area contributed by atoms with E-state index in [1.54, 1.807) is 0 Å². The number of halogens is 2. The van der Waals surface area contributed by atoms with Crippen molar-refractivity contribution in [2.45, 2.75) is 0 Å². The minimum absolute atomic E-state index is 0.0428. The van der Waals surface area contributed by atoms with Gasteiger partial charge in [-0.1, -0.05) is 0 Å². The van der Waals surface area contributed by atoms with Gasteiger partial charge in [0.25, 0.3) is 0 Å². The van der Waals surface area contributed by atoms with Gasteiger partial charge in [0.15, 0.2) is 0 Å². The predicted octanol–water partition coefficient (Wildman–Crippen LogP) is 0.776. The van der Waals surface area contributed by atoms with Gasteiger partial charge in [0.05, 0.1) is 10.6 Å². The molecule has 1 aromatic heterocycles. The lowest BCUT2D eigenvalue weighted by atomic mass is 10.2. The Morgan fingerprint density at radius 3 is 2.61 bits per heavy atom. The minimum atomic E-state index is -1.01. The molecule has 0 aliphatic carbocycles. The first-order chi connectivity index (χ1) is 8.41. The Kier molecular flexibility index (Phi) is 2.95. The number of nitrogens with zero attached hydrogens (tertiary/aromatic N) is 5. The normalized spacial score (nSPS) is 10.6. The number of nitro benzene ring substituents is 1. The summed E-state index contributed by atoms with van der Waals surface area (Å²) in [4.78, 5) is 21.4. The molecule has 0 aliphatic rings. The van der Waals surface area contributed by atoms with Crippen LogP contribution in [0.5, 0.6) is 0 Å². The topological polar surface area (TPSA) is 95.8 Å². The molecule has 0 saturated carbocycles. The van der Waals surface area contributed by atoms with Crippen LogP contribution in [-0.2, 0) is 7.05 Å². The molecule has 0 spiro atoms. The lowest BCUT2D eigenvalue weighted by molar-refractivity contribution is -0.387. The second-order valence-electron chi connectivity index (χ2n) is 3.31. The summed E-state index contributed by atoms with van der Waals surface area (Å²) in [7, 11) is 1.37. The van der Waals surface area contributed by atoms with E-state index in [-0.39, 0.29) is 10.2 Å². The Labute approximate surface area is 107 Å². The van der Waals surface area contributed by atoms with Gasteiger partial charge in [0, 0.05) is 17.6 Å². The average molecular weight is 318 g/mol. The van der Waals surface area contributed by atoms with Gasteiger partial charge in [-0.2, -0.15) is 13.8 Å². The van der Waals surface area contributed by atoms with Gasteiger partial charge in [0.1, 0.15) is 0 Å². The van der Waals surface area contributed by atoms with Gasteiger partial charge in [-0.25, -0.2) is 4.79 Å². The highest BCUT2D eigenvalue weighted by molar-refractivity contribution is 9.10. The Morgan fingerprint density at radius 2 is 2.11 bits per heavy atom. The van der Waals surface area contributed by atoms with Crippen LogP contribution in [-0.4, -0.2) is 24.7 Å². The number of tetrazole rings is 1. The van der Waals surface area contributed by atoms with Crippen molar-refractivity contribution in [1.29, 1.82) is 0 Å². The van der Waals surface area contributed by atoms with Gasteiger partial charge in [-0.05, 0) is 32.4 Å². The van der Waals surface area contributed by atoms with E-state index in [1.807, 2.05) is 0 Å².